The highest BCUT2D eigenvalue weighted by Crippen LogP contribution is 2.32. The van der Waals surface area contributed by atoms with Crippen molar-refractivity contribution in [3.63, 3.8) is 0 Å². The average Bonchev–Trinajstić information content (AvgIpc) is 2.95. The molecule has 1 fully saturated rings. The molecule has 7 heteroatoms. The largest absolute Gasteiger partial charge is 0.354 e. The van der Waals surface area contributed by atoms with Crippen molar-refractivity contribution in [2.45, 2.75) is 32.7 Å². The summed E-state index contributed by atoms with van der Waals surface area (Å²) >= 11 is 6.30. The summed E-state index contributed by atoms with van der Waals surface area (Å²) in [6.07, 6.45) is 4.82. The maximum Gasteiger partial charge on any atom is 0.222 e. The maximum absolute atomic E-state index is 12.1. The van der Waals surface area contributed by atoms with Gasteiger partial charge in [0.25, 0.3) is 0 Å². The van der Waals surface area contributed by atoms with Crippen LogP contribution in [0.25, 0.3) is 11.0 Å². The van der Waals surface area contributed by atoms with Crippen LogP contribution in [-0.2, 0) is 4.79 Å². The molecule has 3 rings (SSSR count). The number of hydrogen-bond acceptors (Lipinski definition) is 4. The molecule has 1 aliphatic rings. The first-order valence-corrected chi connectivity index (χ1v) is 8.38. The summed E-state index contributed by atoms with van der Waals surface area (Å²) in [4.78, 5) is 27.9. The molecule has 23 heavy (non-hydrogen) atoms. The zero-order chi connectivity index (χ0) is 16.6. The Morgan fingerprint density at radius 1 is 1.52 bits per heavy atom. The predicted molar refractivity (Wildman–Crippen MR) is 91.7 cm³/mol. The lowest BCUT2D eigenvalue weighted by Gasteiger charge is -2.42. The first-order chi connectivity index (χ1) is 11.0. The Morgan fingerprint density at radius 3 is 3.04 bits per heavy atom. The van der Waals surface area contributed by atoms with Gasteiger partial charge in [-0.3, -0.25) is 4.79 Å². The zero-order valence-corrected chi connectivity index (χ0v) is 14.5. The number of rotatable bonds is 3. The molecular formula is C16H22ClN5O. The van der Waals surface area contributed by atoms with Gasteiger partial charge < -0.3 is 14.8 Å². The molecule has 1 saturated heterocycles. The number of aromatic amines is 1. The first-order valence-electron chi connectivity index (χ1n) is 8.01. The summed E-state index contributed by atoms with van der Waals surface area (Å²) in [5.74, 6) is 1.50. The van der Waals surface area contributed by atoms with Crippen molar-refractivity contribution in [3.8, 4) is 0 Å². The molecule has 0 saturated carbocycles. The van der Waals surface area contributed by atoms with E-state index in [0.717, 1.165) is 36.4 Å². The number of likely N-dealkylation sites (tertiary alicyclic amines) is 1. The minimum atomic E-state index is 0.211. The highest BCUT2D eigenvalue weighted by Gasteiger charge is 2.32. The Labute approximate surface area is 140 Å². The van der Waals surface area contributed by atoms with E-state index in [-0.39, 0.29) is 11.9 Å². The van der Waals surface area contributed by atoms with Crippen molar-refractivity contribution in [2.75, 3.05) is 25.0 Å². The molecule has 1 aliphatic heterocycles. The Morgan fingerprint density at radius 2 is 2.30 bits per heavy atom. The molecule has 2 aromatic rings. The number of nitrogens with one attached hydrogen (secondary N) is 1. The van der Waals surface area contributed by atoms with E-state index in [2.05, 4.69) is 26.8 Å². The molecule has 124 valence electrons. The summed E-state index contributed by atoms with van der Waals surface area (Å²) < 4.78 is 0. The quantitative estimate of drug-likeness (QED) is 0.936. The Balaban J connectivity index is 1.92. The Hall–Kier alpha value is -1.82. The van der Waals surface area contributed by atoms with Crippen molar-refractivity contribution >= 4 is 34.4 Å². The second-order valence-corrected chi connectivity index (χ2v) is 6.60. The van der Waals surface area contributed by atoms with E-state index in [0.29, 0.717) is 17.4 Å². The Bertz CT molecular complexity index is 716. The van der Waals surface area contributed by atoms with Gasteiger partial charge in [-0.1, -0.05) is 25.4 Å². The molecule has 0 bridgehead atoms. The second-order valence-electron chi connectivity index (χ2n) is 6.20. The van der Waals surface area contributed by atoms with Gasteiger partial charge in [0.15, 0.2) is 0 Å². The normalized spacial score (nSPS) is 21.7. The highest BCUT2D eigenvalue weighted by atomic mass is 35.5. The summed E-state index contributed by atoms with van der Waals surface area (Å²) in [6.45, 7) is 5.69. The Kier molecular flexibility index (Phi) is 4.43. The summed E-state index contributed by atoms with van der Waals surface area (Å²) in [5.41, 5.74) is 0.733. The summed E-state index contributed by atoms with van der Waals surface area (Å²) in [7, 11) is 2.02. The van der Waals surface area contributed by atoms with E-state index in [1.807, 2.05) is 18.9 Å². The number of carbonyl (C=O) groups excluding carboxylic acids is 1. The molecular weight excluding hydrogens is 314 g/mol. The SMILES string of the molecule is CCC(=O)N1CC[C@@H](C)[C@H](N(C)c2ncnc3[nH]cc(Cl)c23)C1. The number of amides is 1. The highest BCUT2D eigenvalue weighted by molar-refractivity contribution is 6.36. The number of H-pyrrole nitrogens is 1. The minimum absolute atomic E-state index is 0.211. The van der Waals surface area contributed by atoms with Gasteiger partial charge in [-0.05, 0) is 12.3 Å². The lowest BCUT2D eigenvalue weighted by atomic mass is 9.92. The van der Waals surface area contributed by atoms with Crippen molar-refractivity contribution in [3.05, 3.63) is 17.5 Å². The number of carbonyl (C=O) groups is 1. The predicted octanol–water partition coefficient (Wildman–Crippen LogP) is 2.69. The van der Waals surface area contributed by atoms with Crippen molar-refractivity contribution in [1.82, 2.24) is 19.9 Å². The van der Waals surface area contributed by atoms with Crippen LogP contribution in [0.3, 0.4) is 0 Å². The van der Waals surface area contributed by atoms with Gasteiger partial charge in [0.2, 0.25) is 5.91 Å². The first kappa shape index (κ1) is 16.1. The third kappa shape index (κ3) is 2.87. The summed E-state index contributed by atoms with van der Waals surface area (Å²) in [6, 6.07) is 0.211. The van der Waals surface area contributed by atoms with Crippen LogP contribution >= 0.6 is 11.6 Å². The average molecular weight is 336 g/mol. The van der Waals surface area contributed by atoms with Crippen LogP contribution in [0.15, 0.2) is 12.5 Å². The lowest BCUT2D eigenvalue weighted by molar-refractivity contribution is -0.132. The van der Waals surface area contributed by atoms with Crippen LogP contribution in [0.4, 0.5) is 5.82 Å². The van der Waals surface area contributed by atoms with Crippen LogP contribution in [0.5, 0.6) is 0 Å². The van der Waals surface area contributed by atoms with Crippen molar-refractivity contribution in [2.24, 2.45) is 5.92 Å². The molecule has 1 N–H and O–H groups in total. The number of halogens is 1. The number of fused-ring (bicyclic) bond motifs is 1. The molecule has 2 atom stereocenters. The molecule has 0 radical (unpaired) electrons. The number of piperidine rings is 1. The second kappa shape index (κ2) is 6.35. The molecule has 0 spiro atoms. The van der Waals surface area contributed by atoms with Gasteiger partial charge in [0.05, 0.1) is 16.5 Å². The fraction of sp³-hybridized carbons (Fsp3) is 0.562. The van der Waals surface area contributed by atoms with Gasteiger partial charge in [0.1, 0.15) is 17.8 Å². The number of likely N-dealkylation sites (N-methyl/N-ethyl adjacent to an activating group) is 1. The van der Waals surface area contributed by atoms with Crippen LogP contribution in [0, 0.1) is 5.92 Å². The minimum Gasteiger partial charge on any atom is -0.354 e. The van der Waals surface area contributed by atoms with Crippen LogP contribution < -0.4 is 4.90 Å². The molecule has 2 aromatic heterocycles. The van der Waals surface area contributed by atoms with Gasteiger partial charge in [-0.2, -0.15) is 0 Å². The van der Waals surface area contributed by atoms with Crippen LogP contribution in [-0.4, -0.2) is 51.9 Å². The molecule has 1 amide bonds. The fourth-order valence-electron chi connectivity index (χ4n) is 3.34. The summed E-state index contributed by atoms with van der Waals surface area (Å²) in [5, 5.41) is 1.45. The topological polar surface area (TPSA) is 65.1 Å². The van der Waals surface area contributed by atoms with Crippen molar-refractivity contribution < 1.29 is 4.79 Å². The van der Waals surface area contributed by atoms with Gasteiger partial charge >= 0.3 is 0 Å². The molecule has 3 heterocycles. The maximum atomic E-state index is 12.1. The molecule has 6 nitrogen and oxygen atoms in total. The van der Waals surface area contributed by atoms with E-state index >= 15 is 0 Å². The van der Waals surface area contributed by atoms with E-state index < -0.39 is 0 Å². The number of aromatic nitrogens is 3. The smallest absolute Gasteiger partial charge is 0.222 e. The van der Waals surface area contributed by atoms with Crippen LogP contribution in [0.1, 0.15) is 26.7 Å². The van der Waals surface area contributed by atoms with E-state index in [4.69, 9.17) is 11.6 Å². The molecule has 0 aromatic carbocycles. The standard InChI is InChI=1S/C16H22ClN5O/c1-4-13(23)22-6-5-10(2)12(8-22)21(3)16-14-11(17)7-18-15(14)19-9-20-16/h7,9-10,12H,4-6,8H2,1-3H3,(H,18,19,20)/t10-,12-/m1/s1. The number of anilines is 1. The third-order valence-corrected chi connectivity index (χ3v) is 5.11. The number of hydrogen-bond donors (Lipinski definition) is 1. The zero-order valence-electron chi connectivity index (χ0n) is 13.7. The third-order valence-electron chi connectivity index (χ3n) is 4.81. The van der Waals surface area contributed by atoms with E-state index in [1.54, 1.807) is 12.5 Å². The van der Waals surface area contributed by atoms with Crippen molar-refractivity contribution in [1.29, 1.82) is 0 Å². The van der Waals surface area contributed by atoms with E-state index in [9.17, 15) is 4.79 Å². The monoisotopic (exact) mass is 335 g/mol. The molecule has 0 aliphatic carbocycles. The fourth-order valence-corrected chi connectivity index (χ4v) is 3.57. The number of nitrogens with zero attached hydrogens (tertiary/aromatic N) is 4. The van der Waals surface area contributed by atoms with Gasteiger partial charge in [-0.15, -0.1) is 0 Å². The lowest BCUT2D eigenvalue weighted by Crippen LogP contribution is -2.52. The van der Waals surface area contributed by atoms with E-state index in [1.165, 1.54) is 0 Å². The van der Waals surface area contributed by atoms with Crippen LogP contribution in [0.2, 0.25) is 5.02 Å². The molecule has 0 unspecified atom stereocenters. The van der Waals surface area contributed by atoms with Gasteiger partial charge in [-0.25, -0.2) is 9.97 Å². The van der Waals surface area contributed by atoms with Gasteiger partial charge in [0, 0.05) is 32.8 Å².